The fourth-order valence-corrected chi connectivity index (χ4v) is 1.68. The lowest BCUT2D eigenvalue weighted by Gasteiger charge is -2.07. The lowest BCUT2D eigenvalue weighted by Crippen LogP contribution is -1.85. The van der Waals surface area contributed by atoms with Gasteiger partial charge in [0.05, 0.1) is 0 Å². The zero-order valence-corrected chi connectivity index (χ0v) is 10.1. The van der Waals surface area contributed by atoms with E-state index in [-0.39, 0.29) is 0 Å². The standard InChI is InChI=1S/C14H14.CH4O/c1-11-7-6-10-14(12(11)2)13-8-4-3-5-9-13;1-2/h3-10H,1-2H3;2H,1H3. The highest BCUT2D eigenvalue weighted by Crippen LogP contribution is 2.24. The monoisotopic (exact) mass is 214 g/mol. The fourth-order valence-electron chi connectivity index (χ4n) is 1.68. The van der Waals surface area contributed by atoms with Crippen molar-refractivity contribution in [2.45, 2.75) is 13.8 Å². The van der Waals surface area contributed by atoms with Gasteiger partial charge in [-0.2, -0.15) is 0 Å². The van der Waals surface area contributed by atoms with Crippen molar-refractivity contribution in [3.05, 3.63) is 59.7 Å². The van der Waals surface area contributed by atoms with E-state index in [9.17, 15) is 0 Å². The van der Waals surface area contributed by atoms with E-state index in [1.165, 1.54) is 22.3 Å². The van der Waals surface area contributed by atoms with Crippen LogP contribution in [0.15, 0.2) is 48.5 Å². The van der Waals surface area contributed by atoms with Crippen LogP contribution in [0.4, 0.5) is 0 Å². The van der Waals surface area contributed by atoms with Crippen molar-refractivity contribution in [2.75, 3.05) is 7.11 Å². The summed E-state index contributed by atoms with van der Waals surface area (Å²) >= 11 is 0. The third-order valence-corrected chi connectivity index (χ3v) is 2.69. The van der Waals surface area contributed by atoms with E-state index in [2.05, 4.69) is 62.4 Å². The van der Waals surface area contributed by atoms with E-state index in [1.54, 1.807) is 0 Å². The van der Waals surface area contributed by atoms with Crippen LogP contribution in [0.2, 0.25) is 0 Å². The molecule has 0 aliphatic heterocycles. The molecule has 1 N–H and O–H groups in total. The molecule has 0 bridgehead atoms. The fraction of sp³-hybridized carbons (Fsp3) is 0.200. The molecule has 84 valence electrons. The molecule has 0 radical (unpaired) electrons. The smallest absolute Gasteiger partial charge is 0.0319 e. The number of benzene rings is 2. The predicted molar refractivity (Wildman–Crippen MR) is 69.5 cm³/mol. The Balaban J connectivity index is 0.000000606. The zero-order valence-electron chi connectivity index (χ0n) is 10.1. The van der Waals surface area contributed by atoms with E-state index in [0.29, 0.717) is 0 Å². The highest BCUT2D eigenvalue weighted by Gasteiger charge is 2.01. The lowest BCUT2D eigenvalue weighted by atomic mass is 9.97. The molecule has 0 unspecified atom stereocenters. The van der Waals surface area contributed by atoms with E-state index >= 15 is 0 Å². The molecule has 0 saturated heterocycles. The summed E-state index contributed by atoms with van der Waals surface area (Å²) in [6, 6.07) is 17.0. The van der Waals surface area contributed by atoms with E-state index in [1.807, 2.05) is 0 Å². The minimum atomic E-state index is 1.00. The van der Waals surface area contributed by atoms with Crippen molar-refractivity contribution >= 4 is 0 Å². The SMILES string of the molecule is CO.Cc1cccc(-c2ccccc2)c1C. The molecule has 0 aliphatic carbocycles. The van der Waals surface area contributed by atoms with Crippen LogP contribution in [0.5, 0.6) is 0 Å². The van der Waals surface area contributed by atoms with Crippen LogP contribution in [0, 0.1) is 13.8 Å². The Morgan fingerprint density at radius 2 is 1.38 bits per heavy atom. The minimum Gasteiger partial charge on any atom is -0.400 e. The highest BCUT2D eigenvalue weighted by molar-refractivity contribution is 5.68. The first-order valence-corrected chi connectivity index (χ1v) is 5.35. The summed E-state index contributed by atoms with van der Waals surface area (Å²) in [7, 11) is 1.00. The van der Waals surface area contributed by atoms with Gasteiger partial charge < -0.3 is 5.11 Å². The Hall–Kier alpha value is -1.60. The van der Waals surface area contributed by atoms with Crippen molar-refractivity contribution in [1.29, 1.82) is 0 Å². The van der Waals surface area contributed by atoms with Gasteiger partial charge >= 0.3 is 0 Å². The molecule has 0 aliphatic rings. The molecule has 0 heterocycles. The quantitative estimate of drug-likeness (QED) is 0.769. The Kier molecular flexibility index (Phi) is 4.74. The van der Waals surface area contributed by atoms with E-state index in [0.717, 1.165) is 7.11 Å². The number of aryl methyl sites for hydroxylation is 1. The van der Waals surface area contributed by atoms with Crippen LogP contribution in [-0.2, 0) is 0 Å². The van der Waals surface area contributed by atoms with Crippen LogP contribution in [0.1, 0.15) is 11.1 Å². The van der Waals surface area contributed by atoms with Gasteiger partial charge in [0.15, 0.2) is 0 Å². The van der Waals surface area contributed by atoms with Crippen LogP contribution < -0.4 is 0 Å². The maximum Gasteiger partial charge on any atom is 0.0319 e. The summed E-state index contributed by atoms with van der Waals surface area (Å²) in [5.74, 6) is 0. The Morgan fingerprint density at radius 1 is 0.750 bits per heavy atom. The average molecular weight is 214 g/mol. The molecular weight excluding hydrogens is 196 g/mol. The normalized spacial score (nSPS) is 9.25. The van der Waals surface area contributed by atoms with Gasteiger partial charge in [-0.1, -0.05) is 48.5 Å². The molecule has 1 heteroatoms. The van der Waals surface area contributed by atoms with Crippen molar-refractivity contribution in [3.63, 3.8) is 0 Å². The Morgan fingerprint density at radius 3 is 2.00 bits per heavy atom. The number of hydrogen-bond acceptors (Lipinski definition) is 1. The van der Waals surface area contributed by atoms with E-state index in [4.69, 9.17) is 5.11 Å². The Labute approximate surface area is 97.4 Å². The van der Waals surface area contributed by atoms with E-state index < -0.39 is 0 Å². The number of aliphatic hydroxyl groups excluding tert-OH is 1. The van der Waals surface area contributed by atoms with Crippen molar-refractivity contribution in [1.82, 2.24) is 0 Å². The molecule has 16 heavy (non-hydrogen) atoms. The molecule has 0 fully saturated rings. The molecule has 0 atom stereocenters. The second-order valence-electron chi connectivity index (χ2n) is 3.61. The topological polar surface area (TPSA) is 20.2 Å². The highest BCUT2D eigenvalue weighted by atomic mass is 16.2. The lowest BCUT2D eigenvalue weighted by molar-refractivity contribution is 0.399. The van der Waals surface area contributed by atoms with Crippen molar-refractivity contribution in [2.24, 2.45) is 0 Å². The second kappa shape index (κ2) is 6.09. The summed E-state index contributed by atoms with van der Waals surface area (Å²) in [5.41, 5.74) is 5.37. The molecule has 0 amide bonds. The van der Waals surface area contributed by atoms with Crippen LogP contribution in [0.3, 0.4) is 0 Å². The van der Waals surface area contributed by atoms with Gasteiger partial charge in [0.1, 0.15) is 0 Å². The molecular formula is C15H18O. The third kappa shape index (κ3) is 2.71. The number of hydrogen-bond donors (Lipinski definition) is 1. The van der Waals surface area contributed by atoms with Gasteiger partial charge in [-0.05, 0) is 36.1 Å². The summed E-state index contributed by atoms with van der Waals surface area (Å²) in [4.78, 5) is 0. The van der Waals surface area contributed by atoms with Gasteiger partial charge in [-0.15, -0.1) is 0 Å². The van der Waals surface area contributed by atoms with Crippen LogP contribution >= 0.6 is 0 Å². The zero-order chi connectivity index (χ0) is 12.0. The molecule has 1 nitrogen and oxygen atoms in total. The van der Waals surface area contributed by atoms with Gasteiger partial charge in [0.25, 0.3) is 0 Å². The molecule has 2 rings (SSSR count). The van der Waals surface area contributed by atoms with Gasteiger partial charge in [-0.25, -0.2) is 0 Å². The molecule has 2 aromatic rings. The maximum absolute atomic E-state index is 7.00. The number of aliphatic hydroxyl groups is 1. The summed E-state index contributed by atoms with van der Waals surface area (Å²) < 4.78 is 0. The largest absolute Gasteiger partial charge is 0.400 e. The summed E-state index contributed by atoms with van der Waals surface area (Å²) in [5, 5.41) is 7.00. The van der Waals surface area contributed by atoms with Crippen LogP contribution in [0.25, 0.3) is 11.1 Å². The average Bonchev–Trinajstić information content (AvgIpc) is 2.36. The Bertz CT molecular complexity index is 432. The third-order valence-electron chi connectivity index (χ3n) is 2.69. The first-order valence-electron chi connectivity index (χ1n) is 5.35. The molecule has 0 saturated carbocycles. The van der Waals surface area contributed by atoms with Crippen LogP contribution in [-0.4, -0.2) is 12.2 Å². The molecule has 2 aromatic carbocycles. The minimum absolute atomic E-state index is 1.00. The second-order valence-corrected chi connectivity index (χ2v) is 3.61. The molecule has 0 aromatic heterocycles. The first-order chi connectivity index (χ1) is 7.79. The summed E-state index contributed by atoms with van der Waals surface area (Å²) in [6.45, 7) is 4.33. The van der Waals surface area contributed by atoms with Crippen molar-refractivity contribution in [3.8, 4) is 11.1 Å². The van der Waals surface area contributed by atoms with Crippen molar-refractivity contribution < 1.29 is 5.11 Å². The van der Waals surface area contributed by atoms with Gasteiger partial charge in [-0.3, -0.25) is 0 Å². The number of rotatable bonds is 1. The molecule has 0 spiro atoms. The predicted octanol–water partition coefficient (Wildman–Crippen LogP) is 3.58. The first kappa shape index (κ1) is 12.5. The summed E-state index contributed by atoms with van der Waals surface area (Å²) in [6.07, 6.45) is 0. The van der Waals surface area contributed by atoms with Gasteiger partial charge in [0, 0.05) is 7.11 Å². The van der Waals surface area contributed by atoms with Gasteiger partial charge in [0.2, 0.25) is 0 Å². The maximum atomic E-state index is 7.00.